The van der Waals surface area contributed by atoms with E-state index >= 15 is 0 Å². The lowest BCUT2D eigenvalue weighted by molar-refractivity contribution is -0.121. The van der Waals surface area contributed by atoms with Crippen LogP contribution in [0.25, 0.3) is 0 Å². The number of para-hydroxylation sites is 1. The third-order valence-corrected chi connectivity index (χ3v) is 3.71. The van der Waals surface area contributed by atoms with Crippen molar-refractivity contribution in [2.75, 3.05) is 0 Å². The second-order valence-electron chi connectivity index (χ2n) is 4.83. The van der Waals surface area contributed by atoms with Crippen LogP contribution in [-0.4, -0.2) is 17.2 Å². The molecular formula is C15H11N3O2. The molecule has 3 heterocycles. The van der Waals surface area contributed by atoms with E-state index in [9.17, 15) is 4.79 Å². The number of amides is 1. The van der Waals surface area contributed by atoms with Crippen molar-refractivity contribution in [2.45, 2.75) is 12.0 Å². The molecular weight excluding hydrogens is 254 g/mol. The first-order chi connectivity index (χ1) is 9.79. The van der Waals surface area contributed by atoms with Crippen LogP contribution in [0.3, 0.4) is 0 Å². The number of fused-ring (bicyclic) bond motifs is 4. The Hall–Kier alpha value is -2.69. The lowest BCUT2D eigenvalue weighted by Crippen LogP contribution is -2.41. The molecule has 2 aliphatic heterocycles. The SMILES string of the molecule is O=C1CC2(N=CN1)c1ccccc1Oc1cnccc12. The normalized spacial score (nSPS) is 22.7. The molecule has 1 aromatic heterocycles. The fourth-order valence-electron chi connectivity index (χ4n) is 2.84. The van der Waals surface area contributed by atoms with Crippen LogP contribution in [0.4, 0.5) is 0 Å². The van der Waals surface area contributed by atoms with E-state index in [2.05, 4.69) is 15.3 Å². The lowest BCUT2D eigenvalue weighted by Gasteiger charge is -2.37. The number of pyridine rings is 1. The van der Waals surface area contributed by atoms with E-state index in [1.54, 1.807) is 12.4 Å². The van der Waals surface area contributed by atoms with Gasteiger partial charge in [-0.05, 0) is 12.1 Å². The van der Waals surface area contributed by atoms with E-state index in [0.717, 1.165) is 16.9 Å². The molecule has 0 bridgehead atoms. The summed E-state index contributed by atoms with van der Waals surface area (Å²) in [5.74, 6) is 1.32. The Balaban J connectivity index is 2.04. The molecule has 1 atom stereocenters. The van der Waals surface area contributed by atoms with Gasteiger partial charge in [0.2, 0.25) is 5.91 Å². The van der Waals surface area contributed by atoms with Crippen LogP contribution in [-0.2, 0) is 10.3 Å². The van der Waals surface area contributed by atoms with Crippen LogP contribution in [0.5, 0.6) is 11.5 Å². The molecule has 5 nitrogen and oxygen atoms in total. The van der Waals surface area contributed by atoms with Gasteiger partial charge in [-0.1, -0.05) is 18.2 Å². The van der Waals surface area contributed by atoms with E-state index in [-0.39, 0.29) is 12.3 Å². The number of ether oxygens (including phenoxy) is 1. The van der Waals surface area contributed by atoms with Crippen molar-refractivity contribution in [3.63, 3.8) is 0 Å². The molecule has 0 saturated carbocycles. The molecule has 0 aliphatic carbocycles. The second kappa shape index (κ2) is 3.90. The summed E-state index contributed by atoms with van der Waals surface area (Å²) in [7, 11) is 0. The molecule has 1 aromatic carbocycles. The van der Waals surface area contributed by atoms with Gasteiger partial charge < -0.3 is 10.1 Å². The zero-order valence-corrected chi connectivity index (χ0v) is 10.5. The Kier molecular flexibility index (Phi) is 2.18. The van der Waals surface area contributed by atoms with Gasteiger partial charge in [0, 0.05) is 17.3 Å². The van der Waals surface area contributed by atoms with Gasteiger partial charge in [-0.2, -0.15) is 0 Å². The summed E-state index contributed by atoms with van der Waals surface area (Å²) in [6.07, 6.45) is 5.09. The Bertz CT molecular complexity index is 694. The highest BCUT2D eigenvalue weighted by molar-refractivity contribution is 5.92. The predicted octanol–water partition coefficient (Wildman–Crippen LogP) is 1.98. The maximum Gasteiger partial charge on any atom is 0.228 e. The van der Waals surface area contributed by atoms with Crippen LogP contribution < -0.4 is 10.1 Å². The topological polar surface area (TPSA) is 63.6 Å². The molecule has 2 aromatic rings. The number of hydrogen-bond donors (Lipinski definition) is 1. The number of carbonyl (C=O) groups excluding carboxylic acids is 1. The molecule has 4 rings (SSSR count). The highest BCUT2D eigenvalue weighted by atomic mass is 16.5. The smallest absolute Gasteiger partial charge is 0.228 e. The van der Waals surface area contributed by atoms with Crippen LogP contribution in [0.1, 0.15) is 17.5 Å². The molecule has 1 spiro atoms. The van der Waals surface area contributed by atoms with Gasteiger partial charge >= 0.3 is 0 Å². The summed E-state index contributed by atoms with van der Waals surface area (Å²) in [6, 6.07) is 9.53. The van der Waals surface area contributed by atoms with Crippen molar-refractivity contribution in [2.24, 2.45) is 4.99 Å². The van der Waals surface area contributed by atoms with Crippen molar-refractivity contribution < 1.29 is 9.53 Å². The number of hydrogen-bond acceptors (Lipinski definition) is 4. The maximum absolute atomic E-state index is 11.9. The summed E-state index contributed by atoms with van der Waals surface area (Å²) in [5, 5.41) is 2.63. The monoisotopic (exact) mass is 265 g/mol. The van der Waals surface area contributed by atoms with Gasteiger partial charge in [0.15, 0.2) is 5.75 Å². The van der Waals surface area contributed by atoms with E-state index in [4.69, 9.17) is 4.74 Å². The minimum atomic E-state index is -0.713. The molecule has 0 radical (unpaired) electrons. The van der Waals surface area contributed by atoms with Crippen LogP contribution in [0.2, 0.25) is 0 Å². The highest BCUT2D eigenvalue weighted by Crippen LogP contribution is 2.50. The number of carbonyl (C=O) groups is 1. The second-order valence-corrected chi connectivity index (χ2v) is 4.83. The Morgan fingerprint density at radius 1 is 1.15 bits per heavy atom. The van der Waals surface area contributed by atoms with Crippen molar-refractivity contribution in [1.29, 1.82) is 0 Å². The van der Waals surface area contributed by atoms with Gasteiger partial charge in [0.1, 0.15) is 11.3 Å². The number of benzene rings is 1. The number of rotatable bonds is 0. The average molecular weight is 265 g/mol. The fourth-order valence-corrected chi connectivity index (χ4v) is 2.84. The molecule has 0 saturated heterocycles. The molecule has 1 unspecified atom stereocenters. The molecule has 2 aliphatic rings. The van der Waals surface area contributed by atoms with Crippen molar-refractivity contribution in [3.05, 3.63) is 53.9 Å². The highest BCUT2D eigenvalue weighted by Gasteiger charge is 2.44. The van der Waals surface area contributed by atoms with Gasteiger partial charge in [-0.3, -0.25) is 14.8 Å². The van der Waals surface area contributed by atoms with Crippen molar-refractivity contribution >= 4 is 12.2 Å². The number of aromatic nitrogens is 1. The van der Waals surface area contributed by atoms with E-state index < -0.39 is 5.54 Å². The fraction of sp³-hybridized carbons (Fsp3) is 0.133. The Morgan fingerprint density at radius 3 is 2.90 bits per heavy atom. The first kappa shape index (κ1) is 11.2. The standard InChI is InChI=1S/C15H11N3O2/c19-14-7-15(18-9-17-14)10-3-1-2-4-12(10)20-13-8-16-6-5-11(13)15/h1-6,8-9H,7H2,(H,17,18,19). The van der Waals surface area contributed by atoms with Crippen LogP contribution in [0, 0.1) is 0 Å². The van der Waals surface area contributed by atoms with Gasteiger partial charge in [0.25, 0.3) is 0 Å². The summed E-state index contributed by atoms with van der Waals surface area (Å²) in [5.41, 5.74) is 1.07. The third-order valence-electron chi connectivity index (χ3n) is 3.71. The van der Waals surface area contributed by atoms with E-state index in [0.29, 0.717) is 5.75 Å². The molecule has 98 valence electrons. The number of nitrogens with one attached hydrogen (secondary N) is 1. The molecule has 5 heteroatoms. The third kappa shape index (κ3) is 1.40. The molecule has 1 amide bonds. The number of nitrogens with zero attached hydrogens (tertiary/aromatic N) is 2. The molecule has 20 heavy (non-hydrogen) atoms. The zero-order valence-electron chi connectivity index (χ0n) is 10.5. The first-order valence-electron chi connectivity index (χ1n) is 6.34. The summed E-state index contributed by atoms with van der Waals surface area (Å²) in [6.45, 7) is 0. The lowest BCUT2D eigenvalue weighted by atomic mass is 9.78. The summed E-state index contributed by atoms with van der Waals surface area (Å²) in [4.78, 5) is 20.6. The van der Waals surface area contributed by atoms with Crippen molar-refractivity contribution in [1.82, 2.24) is 10.3 Å². The maximum atomic E-state index is 11.9. The predicted molar refractivity (Wildman–Crippen MR) is 72.8 cm³/mol. The van der Waals surface area contributed by atoms with Crippen molar-refractivity contribution in [3.8, 4) is 11.5 Å². The van der Waals surface area contributed by atoms with Gasteiger partial charge in [0.05, 0.1) is 19.0 Å². The van der Waals surface area contributed by atoms with Crippen LogP contribution >= 0.6 is 0 Å². The summed E-state index contributed by atoms with van der Waals surface area (Å²) >= 11 is 0. The largest absolute Gasteiger partial charge is 0.455 e. The Labute approximate surface area is 115 Å². The average Bonchev–Trinajstić information content (AvgIpc) is 2.48. The summed E-state index contributed by atoms with van der Waals surface area (Å²) < 4.78 is 5.87. The Morgan fingerprint density at radius 2 is 2.00 bits per heavy atom. The molecule has 0 fully saturated rings. The van der Waals surface area contributed by atoms with E-state index in [1.165, 1.54) is 6.34 Å². The number of aliphatic imine (C=N–C) groups is 1. The van der Waals surface area contributed by atoms with Gasteiger partial charge in [-0.15, -0.1) is 0 Å². The zero-order chi connectivity index (χ0) is 13.6. The van der Waals surface area contributed by atoms with Crippen LogP contribution in [0.15, 0.2) is 47.7 Å². The first-order valence-corrected chi connectivity index (χ1v) is 6.34. The van der Waals surface area contributed by atoms with Gasteiger partial charge in [-0.25, -0.2) is 0 Å². The molecule has 1 N–H and O–H groups in total. The minimum absolute atomic E-state index is 0.0561. The quantitative estimate of drug-likeness (QED) is 0.792. The van der Waals surface area contributed by atoms with E-state index in [1.807, 2.05) is 30.3 Å². The minimum Gasteiger partial charge on any atom is -0.455 e.